The van der Waals surface area contributed by atoms with Crippen LogP contribution in [0.15, 0.2) is 42.9 Å². The molecule has 7 nitrogen and oxygen atoms in total. The first-order valence-corrected chi connectivity index (χ1v) is 9.42. The van der Waals surface area contributed by atoms with Gasteiger partial charge < -0.3 is 14.6 Å². The number of hydrogen-bond acceptors (Lipinski definition) is 6. The number of anilines is 1. The molecule has 26 heavy (non-hydrogen) atoms. The van der Waals surface area contributed by atoms with Crippen LogP contribution >= 0.6 is 11.3 Å². The average Bonchev–Trinajstić information content (AvgIpc) is 3.42. The predicted octanol–water partition coefficient (Wildman–Crippen LogP) is 2.77. The number of hydrogen-bond donors (Lipinski definition) is 1. The summed E-state index contributed by atoms with van der Waals surface area (Å²) in [5.41, 5.74) is 3.19. The molecule has 8 heteroatoms. The Bertz CT molecular complexity index is 1030. The molecule has 0 saturated carbocycles. The van der Waals surface area contributed by atoms with E-state index in [4.69, 9.17) is 4.74 Å². The van der Waals surface area contributed by atoms with Crippen molar-refractivity contribution in [1.82, 2.24) is 25.0 Å². The van der Waals surface area contributed by atoms with E-state index in [9.17, 15) is 0 Å². The molecule has 0 radical (unpaired) electrons. The van der Waals surface area contributed by atoms with E-state index in [1.165, 1.54) is 10.9 Å². The summed E-state index contributed by atoms with van der Waals surface area (Å²) in [5, 5.41) is 10.8. The van der Waals surface area contributed by atoms with Crippen LogP contribution < -0.4 is 4.90 Å². The van der Waals surface area contributed by atoms with E-state index in [1.807, 2.05) is 23.3 Å². The molecule has 1 aliphatic heterocycles. The van der Waals surface area contributed by atoms with Crippen LogP contribution in [0.25, 0.3) is 21.5 Å². The van der Waals surface area contributed by atoms with Gasteiger partial charge in [0.1, 0.15) is 5.69 Å². The number of benzene rings is 1. The van der Waals surface area contributed by atoms with E-state index in [2.05, 4.69) is 49.4 Å². The third-order valence-electron chi connectivity index (χ3n) is 4.53. The van der Waals surface area contributed by atoms with Crippen LogP contribution in [-0.2, 0) is 11.3 Å². The lowest BCUT2D eigenvalue weighted by atomic mass is 10.1. The molecule has 1 saturated heterocycles. The van der Waals surface area contributed by atoms with Gasteiger partial charge in [-0.15, -0.1) is 5.10 Å². The van der Waals surface area contributed by atoms with Gasteiger partial charge in [0, 0.05) is 31.0 Å². The van der Waals surface area contributed by atoms with Crippen LogP contribution in [0.3, 0.4) is 0 Å². The van der Waals surface area contributed by atoms with Crippen LogP contribution in [-0.4, -0.2) is 51.3 Å². The highest BCUT2D eigenvalue weighted by molar-refractivity contribution is 7.18. The van der Waals surface area contributed by atoms with Crippen LogP contribution in [0.2, 0.25) is 0 Å². The molecule has 0 unspecified atom stereocenters. The summed E-state index contributed by atoms with van der Waals surface area (Å²) in [6.45, 7) is 3.99. The third-order valence-corrected chi connectivity index (χ3v) is 5.61. The van der Waals surface area contributed by atoms with Crippen molar-refractivity contribution in [2.75, 3.05) is 31.2 Å². The maximum Gasteiger partial charge on any atom is 0.186 e. The number of aromatic amines is 1. The van der Waals surface area contributed by atoms with Crippen molar-refractivity contribution in [2.45, 2.75) is 6.54 Å². The monoisotopic (exact) mass is 366 g/mol. The summed E-state index contributed by atoms with van der Waals surface area (Å²) in [7, 11) is 0. The van der Waals surface area contributed by atoms with Gasteiger partial charge in [0.05, 0.1) is 30.8 Å². The number of fused-ring (bicyclic) bond motifs is 1. The molecular weight excluding hydrogens is 348 g/mol. The topological polar surface area (TPSA) is 71.9 Å². The fourth-order valence-corrected chi connectivity index (χ4v) is 4.07. The molecule has 4 heterocycles. The molecule has 0 amide bonds. The summed E-state index contributed by atoms with van der Waals surface area (Å²) < 4.78 is 7.27. The average molecular weight is 366 g/mol. The normalized spacial score (nSPS) is 15.0. The van der Waals surface area contributed by atoms with Crippen LogP contribution in [0.1, 0.15) is 5.56 Å². The number of rotatable bonds is 4. The molecule has 1 N–H and O–H groups in total. The van der Waals surface area contributed by atoms with Gasteiger partial charge in [-0.3, -0.25) is 0 Å². The zero-order chi connectivity index (χ0) is 17.3. The number of ether oxygens (including phenoxy) is 1. The molecule has 132 valence electrons. The fraction of sp³-hybridized carbons (Fsp3) is 0.278. The van der Waals surface area contributed by atoms with Gasteiger partial charge in [0.15, 0.2) is 5.13 Å². The highest BCUT2D eigenvalue weighted by Gasteiger charge is 2.16. The Balaban J connectivity index is 1.34. The van der Waals surface area contributed by atoms with Gasteiger partial charge in [-0.05, 0) is 23.1 Å². The molecular formula is C18H18N6OS. The smallest absolute Gasteiger partial charge is 0.186 e. The van der Waals surface area contributed by atoms with E-state index < -0.39 is 0 Å². The Labute approximate surface area is 154 Å². The maximum absolute atomic E-state index is 5.40. The van der Waals surface area contributed by atoms with Crippen molar-refractivity contribution in [3.63, 3.8) is 0 Å². The molecule has 0 bridgehead atoms. The lowest BCUT2D eigenvalue weighted by molar-refractivity contribution is 0.122. The van der Waals surface area contributed by atoms with E-state index in [1.54, 1.807) is 11.3 Å². The number of thiazole rings is 1. The first-order chi connectivity index (χ1) is 12.8. The molecule has 0 atom stereocenters. The maximum atomic E-state index is 5.40. The van der Waals surface area contributed by atoms with E-state index in [-0.39, 0.29) is 0 Å². The van der Waals surface area contributed by atoms with Gasteiger partial charge in [-0.2, -0.15) is 0 Å². The predicted molar refractivity (Wildman–Crippen MR) is 102 cm³/mol. The number of nitrogens with zero attached hydrogens (tertiary/aromatic N) is 5. The highest BCUT2D eigenvalue weighted by Crippen LogP contribution is 2.30. The van der Waals surface area contributed by atoms with Gasteiger partial charge in [-0.25, -0.2) is 9.67 Å². The Morgan fingerprint density at radius 1 is 1.19 bits per heavy atom. The lowest BCUT2D eigenvalue weighted by Crippen LogP contribution is -2.36. The number of nitrogens with one attached hydrogen (secondary N) is 1. The van der Waals surface area contributed by atoms with Gasteiger partial charge in [0.2, 0.25) is 0 Å². The third kappa shape index (κ3) is 2.97. The molecule has 1 aromatic carbocycles. The molecule has 1 aliphatic rings. The van der Waals surface area contributed by atoms with Crippen LogP contribution in [0.4, 0.5) is 5.13 Å². The van der Waals surface area contributed by atoms with Crippen molar-refractivity contribution in [3.8, 4) is 10.6 Å². The summed E-state index contributed by atoms with van der Waals surface area (Å²) in [6.07, 6.45) is 5.82. The minimum absolute atomic E-state index is 0.692. The minimum Gasteiger partial charge on any atom is -0.378 e. The molecule has 3 aromatic heterocycles. The zero-order valence-corrected chi connectivity index (χ0v) is 14.9. The highest BCUT2D eigenvalue weighted by atomic mass is 32.1. The van der Waals surface area contributed by atoms with Gasteiger partial charge in [-0.1, -0.05) is 28.7 Å². The van der Waals surface area contributed by atoms with Crippen LogP contribution in [0, 0.1) is 0 Å². The molecule has 0 aliphatic carbocycles. The minimum atomic E-state index is 0.692. The molecule has 4 aromatic rings. The molecule has 0 spiro atoms. The van der Waals surface area contributed by atoms with Crippen molar-refractivity contribution in [3.05, 3.63) is 48.4 Å². The summed E-state index contributed by atoms with van der Waals surface area (Å²) in [4.78, 5) is 11.1. The van der Waals surface area contributed by atoms with Crippen molar-refractivity contribution in [2.24, 2.45) is 0 Å². The SMILES string of the molecule is c1cc2ccc(Cn3cc(-c4cnc(N5CCOCC5)s4)nn3)cc2[nH]1. The summed E-state index contributed by atoms with van der Waals surface area (Å²) >= 11 is 1.65. The Kier molecular flexibility index (Phi) is 3.91. The zero-order valence-electron chi connectivity index (χ0n) is 14.1. The number of H-pyrrole nitrogens is 1. The number of aromatic nitrogens is 5. The van der Waals surface area contributed by atoms with Gasteiger partial charge >= 0.3 is 0 Å². The quantitative estimate of drug-likeness (QED) is 0.601. The largest absolute Gasteiger partial charge is 0.378 e. The van der Waals surface area contributed by atoms with Gasteiger partial charge in [0.25, 0.3) is 0 Å². The lowest BCUT2D eigenvalue weighted by Gasteiger charge is -2.25. The Hall–Kier alpha value is -2.71. The number of morpholine rings is 1. The van der Waals surface area contributed by atoms with Crippen molar-refractivity contribution in [1.29, 1.82) is 0 Å². The first-order valence-electron chi connectivity index (χ1n) is 8.60. The Morgan fingerprint density at radius 2 is 2.12 bits per heavy atom. The van der Waals surface area contributed by atoms with E-state index in [0.717, 1.165) is 47.5 Å². The second-order valence-corrected chi connectivity index (χ2v) is 7.32. The van der Waals surface area contributed by atoms with E-state index in [0.29, 0.717) is 6.54 Å². The fourth-order valence-electron chi connectivity index (χ4n) is 3.15. The second kappa shape index (κ2) is 6.54. The van der Waals surface area contributed by atoms with E-state index >= 15 is 0 Å². The summed E-state index contributed by atoms with van der Waals surface area (Å²) in [6, 6.07) is 8.47. The van der Waals surface area contributed by atoms with Crippen LogP contribution in [0.5, 0.6) is 0 Å². The summed E-state index contributed by atoms with van der Waals surface area (Å²) in [5.74, 6) is 0. The molecule has 5 rings (SSSR count). The van der Waals surface area contributed by atoms with Crippen molar-refractivity contribution < 1.29 is 4.74 Å². The second-order valence-electron chi connectivity index (χ2n) is 6.31. The standard InChI is InChI=1S/C18H18N6OS/c1-2-14-3-4-19-15(14)9-13(1)11-24-12-16(21-22-24)17-10-20-18(26-17)23-5-7-25-8-6-23/h1-4,9-10,12,19H,5-8,11H2. The van der Waals surface area contributed by atoms with Crippen molar-refractivity contribution >= 4 is 27.4 Å². The first kappa shape index (κ1) is 15.5. The molecule has 1 fully saturated rings. The Morgan fingerprint density at radius 3 is 3.04 bits per heavy atom.